The van der Waals surface area contributed by atoms with Crippen molar-refractivity contribution in [2.45, 2.75) is 32.7 Å². The zero-order valence-electron chi connectivity index (χ0n) is 10.1. The Kier molecular flexibility index (Phi) is 3.65. The molecule has 1 aliphatic rings. The molecule has 14 heavy (non-hydrogen) atoms. The molecule has 82 valence electrons. The third-order valence-corrected chi connectivity index (χ3v) is 20.1. The van der Waals surface area contributed by atoms with Crippen molar-refractivity contribution in [2.24, 2.45) is 4.30 Å². The van der Waals surface area contributed by atoms with E-state index >= 15 is 0 Å². The number of hydrogen-bond donors (Lipinski definition) is 2. The van der Waals surface area contributed by atoms with Gasteiger partial charge >= 0.3 is 0 Å². The van der Waals surface area contributed by atoms with Gasteiger partial charge in [0.05, 0.1) is 0 Å². The van der Waals surface area contributed by atoms with Crippen LogP contribution < -0.4 is 9.30 Å². The molecule has 0 unspecified atom stereocenters. The Morgan fingerprint density at radius 3 is 2.43 bits per heavy atom. The van der Waals surface area contributed by atoms with E-state index < -0.39 is 25.5 Å². The maximum absolute atomic E-state index is 5.03. The molecule has 0 fully saturated rings. The van der Waals surface area contributed by atoms with Crippen molar-refractivity contribution < 1.29 is 0 Å². The maximum atomic E-state index is 5.03. The molecule has 1 rings (SSSR count). The van der Waals surface area contributed by atoms with Gasteiger partial charge in [-0.25, -0.2) is 0 Å². The first-order valence-electron chi connectivity index (χ1n) is 5.05. The quantitative estimate of drug-likeness (QED) is 0.599. The standard InChI is InChI=1S/C6H22N4Si4/c1-10-13(3,4)8-11-7-12(2)9-14(10,5)6/h7-8H,11H2,1-6H3/b12-9-. The monoisotopic (exact) mass is 262 g/mol. The van der Waals surface area contributed by atoms with Gasteiger partial charge in [0.25, 0.3) is 0 Å². The van der Waals surface area contributed by atoms with E-state index in [-0.39, 0.29) is 9.84 Å². The van der Waals surface area contributed by atoms with E-state index in [0.717, 1.165) is 0 Å². The first-order valence-corrected chi connectivity index (χ1v) is 14.3. The van der Waals surface area contributed by atoms with Crippen molar-refractivity contribution in [3.8, 4) is 0 Å². The average molecular weight is 263 g/mol. The molecule has 0 aromatic heterocycles. The second-order valence-electron chi connectivity index (χ2n) is 4.84. The summed E-state index contributed by atoms with van der Waals surface area (Å²) in [5.41, 5.74) is 0. The van der Waals surface area contributed by atoms with Crippen LogP contribution in [0.2, 0.25) is 32.7 Å². The zero-order valence-corrected chi connectivity index (χ0v) is 14.5. The molecule has 0 saturated heterocycles. The lowest BCUT2D eigenvalue weighted by molar-refractivity contribution is 0.731. The molecule has 0 saturated carbocycles. The number of rotatable bonds is 0. The summed E-state index contributed by atoms with van der Waals surface area (Å²) in [5, 5.41) is 0. The Morgan fingerprint density at radius 1 is 1.29 bits per heavy atom. The second kappa shape index (κ2) is 4.10. The molecule has 0 aromatic rings. The third-order valence-electron chi connectivity index (χ3n) is 2.97. The second-order valence-corrected chi connectivity index (χ2v) is 18.0. The number of nitrogens with zero attached hydrogens (tertiary/aromatic N) is 2. The fourth-order valence-electron chi connectivity index (χ4n) is 1.72. The van der Waals surface area contributed by atoms with Crippen LogP contribution in [0.4, 0.5) is 0 Å². The summed E-state index contributed by atoms with van der Waals surface area (Å²) in [6.45, 7) is 11.7. The minimum atomic E-state index is -1.51. The minimum absolute atomic E-state index is 0.287. The summed E-state index contributed by atoms with van der Waals surface area (Å²) in [4.78, 5) is 0. The molecule has 2 N–H and O–H groups in total. The van der Waals surface area contributed by atoms with Crippen LogP contribution in [0.15, 0.2) is 4.30 Å². The van der Waals surface area contributed by atoms with Crippen molar-refractivity contribution in [3.63, 3.8) is 0 Å². The summed E-state index contributed by atoms with van der Waals surface area (Å²) in [5.74, 6) is 0. The summed E-state index contributed by atoms with van der Waals surface area (Å²) >= 11 is 0. The van der Waals surface area contributed by atoms with Gasteiger partial charge in [-0.05, 0) is 39.8 Å². The average Bonchev–Trinajstić information content (AvgIpc) is 2.00. The molecule has 0 aromatic carbocycles. The summed E-state index contributed by atoms with van der Waals surface area (Å²) in [6.07, 6.45) is 0. The van der Waals surface area contributed by atoms with E-state index in [2.05, 4.69) is 53.3 Å². The topological polar surface area (TPSA) is 39.7 Å². The van der Waals surface area contributed by atoms with Crippen LogP contribution >= 0.6 is 0 Å². The Morgan fingerprint density at radius 2 is 1.86 bits per heavy atom. The largest absolute Gasteiger partial charge is 0.427 e. The molecule has 0 amide bonds. The molecule has 0 bridgehead atoms. The molecule has 1 aliphatic heterocycles. The molecule has 1 heterocycles. The lowest BCUT2D eigenvalue weighted by Gasteiger charge is -2.43. The highest BCUT2D eigenvalue weighted by Crippen LogP contribution is 2.17. The van der Waals surface area contributed by atoms with Crippen molar-refractivity contribution in [3.05, 3.63) is 0 Å². The van der Waals surface area contributed by atoms with Crippen LogP contribution in [0.5, 0.6) is 0 Å². The van der Waals surface area contributed by atoms with Gasteiger partial charge in [-0.3, -0.25) is 0 Å². The first-order chi connectivity index (χ1) is 6.26. The van der Waals surface area contributed by atoms with Gasteiger partial charge in [0.2, 0.25) is 17.1 Å². The van der Waals surface area contributed by atoms with Crippen molar-refractivity contribution >= 4 is 35.4 Å². The molecule has 0 radical (unpaired) electrons. The Balaban J connectivity index is 3.00. The van der Waals surface area contributed by atoms with Gasteiger partial charge < -0.3 is 17.8 Å². The summed E-state index contributed by atoms with van der Waals surface area (Å²) in [6, 6.07) is 0. The smallest absolute Gasteiger partial charge is 0.234 e. The Hall–Kier alpha value is 0.388. The summed E-state index contributed by atoms with van der Waals surface area (Å²) in [7, 11) is -1.53. The normalized spacial score (nSPS) is 32.6. The van der Waals surface area contributed by atoms with E-state index in [1.165, 1.54) is 0 Å². The van der Waals surface area contributed by atoms with Crippen LogP contribution in [0, 0.1) is 0 Å². The fraction of sp³-hybridized carbons (Fsp3) is 1.00. The van der Waals surface area contributed by atoms with Gasteiger partial charge in [-0.15, -0.1) is 0 Å². The van der Waals surface area contributed by atoms with E-state index in [1.807, 2.05) is 0 Å². The van der Waals surface area contributed by atoms with Crippen LogP contribution in [0.1, 0.15) is 0 Å². The van der Waals surface area contributed by atoms with E-state index in [4.69, 9.17) is 4.30 Å². The van der Waals surface area contributed by atoms with Crippen LogP contribution in [-0.2, 0) is 0 Å². The lowest BCUT2D eigenvalue weighted by atomic mass is 11.6. The van der Waals surface area contributed by atoms with E-state index in [1.54, 1.807) is 0 Å². The highest BCUT2D eigenvalue weighted by molar-refractivity contribution is 6.93. The molecule has 0 spiro atoms. The highest BCUT2D eigenvalue weighted by Gasteiger charge is 2.39. The molecular formula is C6H22N4Si4. The predicted octanol–water partition coefficient (Wildman–Crippen LogP) is -0.1000. The fourth-order valence-corrected chi connectivity index (χ4v) is 18.1. The van der Waals surface area contributed by atoms with Gasteiger partial charge in [0.15, 0.2) is 18.2 Å². The molecule has 8 heteroatoms. The Labute approximate surface area is 93.2 Å². The van der Waals surface area contributed by atoms with Gasteiger partial charge in [-0.1, -0.05) is 0 Å². The third kappa shape index (κ3) is 2.70. The van der Waals surface area contributed by atoms with Crippen molar-refractivity contribution in [2.75, 3.05) is 7.05 Å². The van der Waals surface area contributed by atoms with E-state index in [0.29, 0.717) is 0 Å². The van der Waals surface area contributed by atoms with Gasteiger partial charge in [0.1, 0.15) is 0 Å². The van der Waals surface area contributed by atoms with Crippen molar-refractivity contribution in [1.82, 2.24) is 13.5 Å². The predicted molar refractivity (Wildman–Crippen MR) is 71.6 cm³/mol. The van der Waals surface area contributed by atoms with Crippen LogP contribution in [0.3, 0.4) is 0 Å². The van der Waals surface area contributed by atoms with Gasteiger partial charge in [0, 0.05) is 0 Å². The van der Waals surface area contributed by atoms with Crippen LogP contribution in [-0.4, -0.2) is 46.7 Å². The van der Waals surface area contributed by atoms with Crippen LogP contribution in [0.25, 0.3) is 0 Å². The molecule has 0 aliphatic carbocycles. The zero-order chi connectivity index (χ0) is 11.0. The SMILES string of the molecule is CN1[Si](C)(C)/N=[Si](/C)N[SiH2]N[Si]1(C)C. The molecular weight excluding hydrogens is 240 g/mol. The first kappa shape index (κ1) is 12.5. The van der Waals surface area contributed by atoms with Crippen molar-refractivity contribution in [1.29, 1.82) is 0 Å². The molecule has 4 nitrogen and oxygen atoms in total. The molecule has 0 atom stereocenters. The van der Waals surface area contributed by atoms with E-state index in [9.17, 15) is 0 Å². The highest BCUT2D eigenvalue weighted by atomic mass is 28.4. The summed E-state index contributed by atoms with van der Waals surface area (Å²) < 4.78 is 15.0. The lowest BCUT2D eigenvalue weighted by Crippen LogP contribution is -2.70. The van der Waals surface area contributed by atoms with Gasteiger partial charge in [-0.2, -0.15) is 0 Å². The number of nitrogens with one attached hydrogen (secondary N) is 2. The Bertz CT molecular complexity index is 252. The minimum Gasteiger partial charge on any atom is -0.427 e. The number of hydrogen-bond acceptors (Lipinski definition) is 4. The maximum Gasteiger partial charge on any atom is 0.234 e.